The number of benzene rings is 2. The van der Waals surface area contributed by atoms with Gasteiger partial charge in [-0.15, -0.1) is 0 Å². The number of piperidine rings is 2. The number of anilines is 1. The Morgan fingerprint density at radius 3 is 2.43 bits per heavy atom. The Bertz CT molecular complexity index is 828. The Morgan fingerprint density at radius 1 is 0.964 bits per heavy atom. The van der Waals surface area contributed by atoms with Crippen molar-refractivity contribution < 1.29 is 4.79 Å². The predicted molar refractivity (Wildman–Crippen MR) is 117 cm³/mol. The fraction of sp³-hybridized carbons (Fsp3) is 0.435. The smallest absolute Gasteiger partial charge is 0.150 e. The second-order valence-corrected chi connectivity index (χ2v) is 8.78. The molecule has 2 aromatic rings. The lowest BCUT2D eigenvalue weighted by Gasteiger charge is -2.29. The summed E-state index contributed by atoms with van der Waals surface area (Å²) in [6.07, 6.45) is 7.50. The van der Waals surface area contributed by atoms with Crippen molar-refractivity contribution in [3.63, 3.8) is 0 Å². The van der Waals surface area contributed by atoms with Crippen molar-refractivity contribution in [3.05, 3.63) is 63.1 Å². The van der Waals surface area contributed by atoms with Crippen molar-refractivity contribution in [1.29, 1.82) is 0 Å². The van der Waals surface area contributed by atoms with Crippen LogP contribution in [0.5, 0.6) is 0 Å². The summed E-state index contributed by atoms with van der Waals surface area (Å²) in [5.74, 6) is 0.835. The molecule has 5 heteroatoms. The molecule has 2 aliphatic heterocycles. The van der Waals surface area contributed by atoms with E-state index in [1.54, 1.807) is 29.3 Å². The van der Waals surface area contributed by atoms with E-state index in [9.17, 15) is 4.79 Å². The van der Waals surface area contributed by atoms with E-state index in [-0.39, 0.29) is 0 Å². The molecule has 0 radical (unpaired) electrons. The highest BCUT2D eigenvalue weighted by Crippen LogP contribution is 2.45. The zero-order valence-corrected chi connectivity index (χ0v) is 17.5. The Balaban J connectivity index is 0.000000165. The highest BCUT2D eigenvalue weighted by atomic mass is 35.5. The van der Waals surface area contributed by atoms with Crippen molar-refractivity contribution in [2.75, 3.05) is 24.5 Å². The second-order valence-electron chi connectivity index (χ2n) is 7.91. The maximum absolute atomic E-state index is 10.2. The Kier molecular flexibility index (Phi) is 6.25. The zero-order chi connectivity index (χ0) is 19.5. The van der Waals surface area contributed by atoms with Gasteiger partial charge in [0.15, 0.2) is 0 Å². The number of aldehydes is 1. The number of fused-ring (bicyclic) bond motifs is 5. The van der Waals surface area contributed by atoms with E-state index >= 15 is 0 Å². The van der Waals surface area contributed by atoms with Crippen LogP contribution in [0.15, 0.2) is 36.4 Å². The van der Waals surface area contributed by atoms with Gasteiger partial charge in [-0.25, -0.2) is 0 Å². The molecular formula is C23H26Cl2N2O. The fourth-order valence-electron chi connectivity index (χ4n) is 4.66. The van der Waals surface area contributed by atoms with Gasteiger partial charge in [-0.05, 0) is 86.0 Å². The molecule has 2 bridgehead atoms. The molecule has 2 fully saturated rings. The van der Waals surface area contributed by atoms with Gasteiger partial charge in [0.25, 0.3) is 0 Å². The van der Waals surface area contributed by atoms with Gasteiger partial charge >= 0.3 is 0 Å². The molecule has 0 saturated carbocycles. The maximum Gasteiger partial charge on any atom is 0.150 e. The lowest BCUT2D eigenvalue weighted by Crippen LogP contribution is -2.29. The summed E-state index contributed by atoms with van der Waals surface area (Å²) in [7, 11) is 0. The molecule has 2 heterocycles. The van der Waals surface area contributed by atoms with Gasteiger partial charge in [-0.2, -0.15) is 0 Å². The first-order chi connectivity index (χ1) is 13.6. The Labute approximate surface area is 177 Å². The van der Waals surface area contributed by atoms with E-state index in [2.05, 4.69) is 28.4 Å². The monoisotopic (exact) mass is 416 g/mol. The van der Waals surface area contributed by atoms with Crippen LogP contribution in [-0.2, 0) is 0 Å². The topological polar surface area (TPSA) is 32.3 Å². The fourth-order valence-corrected chi connectivity index (χ4v) is 5.21. The minimum absolute atomic E-state index is 0.481. The molecule has 3 aliphatic rings. The van der Waals surface area contributed by atoms with E-state index in [4.69, 9.17) is 23.2 Å². The summed E-state index contributed by atoms with van der Waals surface area (Å²) in [6, 6.07) is 12.6. The van der Waals surface area contributed by atoms with Crippen molar-refractivity contribution in [2.45, 2.75) is 44.1 Å². The van der Waals surface area contributed by atoms with Crippen LogP contribution in [0.3, 0.4) is 0 Å². The minimum atomic E-state index is 0.481. The van der Waals surface area contributed by atoms with Crippen LogP contribution in [0.1, 0.15) is 65.5 Å². The lowest BCUT2D eigenvalue weighted by atomic mass is 9.96. The normalized spacial score (nSPS) is 22.9. The van der Waals surface area contributed by atoms with Crippen molar-refractivity contribution in [3.8, 4) is 0 Å². The summed E-state index contributed by atoms with van der Waals surface area (Å²) in [4.78, 5) is 12.8. The first-order valence-electron chi connectivity index (χ1n) is 10.2. The van der Waals surface area contributed by atoms with E-state index in [0.29, 0.717) is 27.9 Å². The summed E-state index contributed by atoms with van der Waals surface area (Å²) in [6.45, 7) is 3.70. The molecule has 28 heavy (non-hydrogen) atoms. The third kappa shape index (κ3) is 4.37. The number of nitrogens with zero attached hydrogens (tertiary/aromatic N) is 1. The van der Waals surface area contributed by atoms with Crippen molar-refractivity contribution >= 4 is 35.2 Å². The number of hydrogen-bond donors (Lipinski definition) is 1. The molecule has 5 rings (SSSR count). The van der Waals surface area contributed by atoms with Crippen LogP contribution in [0, 0.1) is 0 Å². The first-order valence-corrected chi connectivity index (χ1v) is 10.9. The van der Waals surface area contributed by atoms with Crippen LogP contribution < -0.4 is 10.2 Å². The average Bonchev–Trinajstić information content (AvgIpc) is 2.97. The lowest BCUT2D eigenvalue weighted by molar-refractivity contribution is 0.112. The van der Waals surface area contributed by atoms with E-state index in [0.717, 1.165) is 5.92 Å². The molecule has 2 aromatic carbocycles. The number of rotatable bonds is 2. The first kappa shape index (κ1) is 19.8. The van der Waals surface area contributed by atoms with Crippen LogP contribution >= 0.6 is 23.2 Å². The van der Waals surface area contributed by atoms with Crippen LogP contribution in [-0.4, -0.2) is 25.9 Å². The standard InChI is InChI=1S/C16H22N2.C7H4Cl2O/c1-2-8-18(9-3-1)13-4-5-14-12-6-7-17-16(10-12)15(14)11-13;8-6-1-5(4-10)2-7(9)3-6/h4-5,11-12,16-17H,1-3,6-10H2;1-4H/t12-,16+;/m1./s1. The molecule has 0 unspecified atom stereocenters. The summed E-state index contributed by atoms with van der Waals surface area (Å²) in [5, 5.41) is 4.64. The van der Waals surface area contributed by atoms with Crippen molar-refractivity contribution in [1.82, 2.24) is 5.32 Å². The summed E-state index contributed by atoms with van der Waals surface area (Å²) < 4.78 is 0. The number of carbonyl (C=O) groups is 1. The number of hydrogen-bond acceptors (Lipinski definition) is 3. The molecule has 148 valence electrons. The summed E-state index contributed by atoms with van der Waals surface area (Å²) in [5.41, 5.74) is 5.19. The molecule has 0 spiro atoms. The summed E-state index contributed by atoms with van der Waals surface area (Å²) >= 11 is 11.2. The van der Waals surface area contributed by atoms with E-state index < -0.39 is 0 Å². The number of nitrogens with one attached hydrogen (secondary N) is 1. The van der Waals surface area contributed by atoms with Gasteiger partial charge in [-0.1, -0.05) is 29.3 Å². The second kappa shape index (κ2) is 8.86. The molecular weight excluding hydrogens is 391 g/mol. The van der Waals surface area contributed by atoms with Gasteiger partial charge in [0, 0.05) is 40.4 Å². The largest absolute Gasteiger partial charge is 0.372 e. The third-order valence-electron chi connectivity index (χ3n) is 6.03. The molecule has 1 N–H and O–H groups in total. The van der Waals surface area contributed by atoms with Gasteiger partial charge in [0.2, 0.25) is 0 Å². The highest BCUT2D eigenvalue weighted by Gasteiger charge is 2.34. The quantitative estimate of drug-likeness (QED) is 0.608. The van der Waals surface area contributed by atoms with Crippen LogP contribution in [0.4, 0.5) is 5.69 Å². The van der Waals surface area contributed by atoms with E-state index in [1.165, 1.54) is 57.4 Å². The Hall–Kier alpha value is -1.55. The maximum atomic E-state index is 10.2. The SMILES string of the molecule is O=Cc1cc(Cl)cc(Cl)c1.c1cc2c(cc1N1CCCCC1)[C@@H]1C[C@H]2CCN1. The van der Waals surface area contributed by atoms with Gasteiger partial charge < -0.3 is 10.2 Å². The highest BCUT2D eigenvalue weighted by molar-refractivity contribution is 6.35. The van der Waals surface area contributed by atoms with Crippen LogP contribution in [0.2, 0.25) is 10.0 Å². The molecule has 0 aromatic heterocycles. The van der Waals surface area contributed by atoms with Gasteiger partial charge in [0.05, 0.1) is 0 Å². The minimum Gasteiger partial charge on any atom is -0.372 e. The van der Waals surface area contributed by atoms with Gasteiger partial charge in [-0.3, -0.25) is 4.79 Å². The predicted octanol–water partition coefficient (Wildman–Crippen LogP) is 6.00. The molecule has 1 aliphatic carbocycles. The third-order valence-corrected chi connectivity index (χ3v) is 6.47. The van der Waals surface area contributed by atoms with Gasteiger partial charge in [0.1, 0.15) is 6.29 Å². The van der Waals surface area contributed by atoms with Crippen molar-refractivity contribution in [2.24, 2.45) is 0 Å². The molecule has 3 nitrogen and oxygen atoms in total. The Morgan fingerprint density at radius 2 is 1.71 bits per heavy atom. The number of halogens is 2. The average molecular weight is 417 g/mol. The number of carbonyl (C=O) groups excluding carboxylic acids is 1. The van der Waals surface area contributed by atoms with E-state index in [1.807, 2.05) is 0 Å². The molecule has 0 amide bonds. The molecule has 2 saturated heterocycles. The van der Waals surface area contributed by atoms with Crippen LogP contribution in [0.25, 0.3) is 0 Å². The zero-order valence-electron chi connectivity index (χ0n) is 16.0. The molecule has 2 atom stereocenters.